The van der Waals surface area contributed by atoms with Crippen molar-refractivity contribution >= 4 is 11.1 Å². The van der Waals surface area contributed by atoms with E-state index in [1.165, 1.54) is 5.56 Å². The first-order valence-corrected chi connectivity index (χ1v) is 5.80. The molecular formula is C13H18N2O. The van der Waals surface area contributed by atoms with Gasteiger partial charge in [0.05, 0.1) is 0 Å². The zero-order valence-electron chi connectivity index (χ0n) is 10.1. The number of rotatable bonds is 4. The highest BCUT2D eigenvalue weighted by Gasteiger charge is 2.09. The van der Waals surface area contributed by atoms with Gasteiger partial charge in [-0.15, -0.1) is 0 Å². The van der Waals surface area contributed by atoms with Crippen LogP contribution in [0, 0.1) is 0 Å². The Labute approximate surface area is 95.9 Å². The summed E-state index contributed by atoms with van der Waals surface area (Å²) >= 11 is 0. The van der Waals surface area contributed by atoms with Crippen LogP contribution in [0.5, 0.6) is 0 Å². The summed E-state index contributed by atoms with van der Waals surface area (Å²) in [5, 5.41) is 3.30. The second-order valence-corrected chi connectivity index (χ2v) is 4.29. The van der Waals surface area contributed by atoms with Gasteiger partial charge in [0.15, 0.2) is 11.5 Å². The number of oxazole rings is 1. The third-order valence-electron chi connectivity index (χ3n) is 2.54. The maximum Gasteiger partial charge on any atom is 0.198 e. The van der Waals surface area contributed by atoms with Crippen LogP contribution in [0.15, 0.2) is 22.6 Å². The number of nitrogens with zero attached hydrogens (tertiary/aromatic N) is 1. The molecule has 16 heavy (non-hydrogen) atoms. The van der Waals surface area contributed by atoms with Gasteiger partial charge in [0.2, 0.25) is 0 Å². The Hall–Kier alpha value is -1.35. The zero-order chi connectivity index (χ0) is 11.5. The van der Waals surface area contributed by atoms with Gasteiger partial charge in [-0.2, -0.15) is 0 Å². The van der Waals surface area contributed by atoms with Crippen molar-refractivity contribution in [1.29, 1.82) is 0 Å². The van der Waals surface area contributed by atoms with E-state index in [-0.39, 0.29) is 0 Å². The van der Waals surface area contributed by atoms with Crippen LogP contribution in [0.1, 0.15) is 38.1 Å². The molecule has 1 heterocycles. The molecule has 0 bridgehead atoms. The summed E-state index contributed by atoms with van der Waals surface area (Å²) < 4.78 is 5.66. The molecule has 0 fully saturated rings. The number of aromatic nitrogens is 1. The van der Waals surface area contributed by atoms with E-state index < -0.39 is 0 Å². The summed E-state index contributed by atoms with van der Waals surface area (Å²) in [6.45, 7) is 8.14. The lowest BCUT2D eigenvalue weighted by Gasteiger charge is -2.00. The predicted molar refractivity (Wildman–Crippen MR) is 65.5 cm³/mol. The van der Waals surface area contributed by atoms with Gasteiger partial charge in [-0.1, -0.05) is 26.8 Å². The smallest absolute Gasteiger partial charge is 0.198 e. The summed E-state index contributed by atoms with van der Waals surface area (Å²) in [6.07, 6.45) is 0. The molecule has 1 aromatic heterocycles. The number of fused-ring (bicyclic) bond motifs is 1. The third-order valence-corrected chi connectivity index (χ3v) is 2.54. The average molecular weight is 218 g/mol. The SMILES string of the molecule is CCNCc1ccc2oc(C(C)C)nc2c1. The molecule has 0 radical (unpaired) electrons. The lowest BCUT2D eigenvalue weighted by molar-refractivity contribution is 0.501. The van der Waals surface area contributed by atoms with E-state index in [4.69, 9.17) is 4.42 Å². The molecule has 0 saturated heterocycles. The van der Waals surface area contributed by atoms with Crippen LogP contribution in [0.25, 0.3) is 11.1 Å². The molecule has 3 heteroatoms. The number of hydrogen-bond donors (Lipinski definition) is 1. The normalized spacial score (nSPS) is 11.5. The molecule has 0 amide bonds. The molecule has 86 valence electrons. The molecule has 3 nitrogen and oxygen atoms in total. The van der Waals surface area contributed by atoms with Crippen molar-refractivity contribution in [2.24, 2.45) is 0 Å². The van der Waals surface area contributed by atoms with Gasteiger partial charge in [0, 0.05) is 12.5 Å². The van der Waals surface area contributed by atoms with Crippen LogP contribution < -0.4 is 5.32 Å². The number of nitrogens with one attached hydrogen (secondary N) is 1. The topological polar surface area (TPSA) is 38.1 Å². The van der Waals surface area contributed by atoms with Crippen molar-refractivity contribution in [2.45, 2.75) is 33.2 Å². The average Bonchev–Trinajstić information content (AvgIpc) is 2.69. The summed E-state index contributed by atoms with van der Waals surface area (Å²) in [7, 11) is 0. The van der Waals surface area contributed by atoms with E-state index in [0.717, 1.165) is 30.1 Å². The second kappa shape index (κ2) is 4.66. The van der Waals surface area contributed by atoms with Crippen LogP contribution in [-0.2, 0) is 6.54 Å². The Morgan fingerprint density at radius 1 is 1.38 bits per heavy atom. The lowest BCUT2D eigenvalue weighted by Crippen LogP contribution is -2.11. The van der Waals surface area contributed by atoms with Crippen LogP contribution in [0.4, 0.5) is 0 Å². The van der Waals surface area contributed by atoms with Gasteiger partial charge in [0.25, 0.3) is 0 Å². The number of hydrogen-bond acceptors (Lipinski definition) is 3. The Balaban J connectivity index is 2.30. The van der Waals surface area contributed by atoms with Gasteiger partial charge in [-0.3, -0.25) is 0 Å². The fourth-order valence-corrected chi connectivity index (χ4v) is 1.62. The Bertz CT molecular complexity index is 474. The summed E-state index contributed by atoms with van der Waals surface area (Å²) in [5.41, 5.74) is 3.08. The molecule has 0 spiro atoms. The minimum atomic E-state index is 0.338. The molecule has 2 rings (SSSR count). The highest BCUT2D eigenvalue weighted by Crippen LogP contribution is 2.21. The van der Waals surface area contributed by atoms with Crippen LogP contribution >= 0.6 is 0 Å². The van der Waals surface area contributed by atoms with Crippen molar-refractivity contribution in [1.82, 2.24) is 10.3 Å². The van der Waals surface area contributed by atoms with E-state index in [1.54, 1.807) is 0 Å². The molecule has 0 aliphatic carbocycles. The van der Waals surface area contributed by atoms with Crippen LogP contribution in [0.3, 0.4) is 0 Å². The highest BCUT2D eigenvalue weighted by atomic mass is 16.3. The second-order valence-electron chi connectivity index (χ2n) is 4.29. The first-order valence-electron chi connectivity index (χ1n) is 5.80. The van der Waals surface area contributed by atoms with Gasteiger partial charge in [-0.25, -0.2) is 4.98 Å². The first-order chi connectivity index (χ1) is 7.70. The first kappa shape index (κ1) is 11.1. The largest absolute Gasteiger partial charge is 0.440 e. The molecule has 0 saturated carbocycles. The van der Waals surface area contributed by atoms with E-state index in [1.807, 2.05) is 6.07 Å². The Morgan fingerprint density at radius 3 is 2.88 bits per heavy atom. The van der Waals surface area contributed by atoms with E-state index in [0.29, 0.717) is 5.92 Å². The fraction of sp³-hybridized carbons (Fsp3) is 0.462. The van der Waals surface area contributed by atoms with Gasteiger partial charge in [-0.05, 0) is 24.2 Å². The Morgan fingerprint density at radius 2 is 2.19 bits per heavy atom. The van der Waals surface area contributed by atoms with Crippen LogP contribution in [0.2, 0.25) is 0 Å². The monoisotopic (exact) mass is 218 g/mol. The van der Waals surface area contributed by atoms with E-state index in [9.17, 15) is 0 Å². The Kier molecular flexibility index (Phi) is 3.25. The minimum absolute atomic E-state index is 0.338. The maximum atomic E-state index is 5.66. The van der Waals surface area contributed by atoms with Crippen molar-refractivity contribution in [2.75, 3.05) is 6.54 Å². The molecule has 0 atom stereocenters. The van der Waals surface area contributed by atoms with Crippen LogP contribution in [-0.4, -0.2) is 11.5 Å². The summed E-state index contributed by atoms with van der Waals surface area (Å²) in [6, 6.07) is 6.18. The summed E-state index contributed by atoms with van der Waals surface area (Å²) in [5.74, 6) is 1.15. The van der Waals surface area contributed by atoms with Crippen molar-refractivity contribution in [3.8, 4) is 0 Å². The van der Waals surface area contributed by atoms with Crippen molar-refractivity contribution in [3.63, 3.8) is 0 Å². The summed E-state index contributed by atoms with van der Waals surface area (Å²) in [4.78, 5) is 4.49. The molecule has 1 N–H and O–H groups in total. The standard InChI is InChI=1S/C13H18N2O/c1-4-14-8-10-5-6-12-11(7-10)15-13(16-12)9(2)3/h5-7,9,14H,4,8H2,1-3H3. The van der Waals surface area contributed by atoms with E-state index in [2.05, 4.69) is 43.2 Å². The van der Waals surface area contributed by atoms with Gasteiger partial charge in [0.1, 0.15) is 5.52 Å². The number of benzene rings is 1. The molecule has 0 aliphatic heterocycles. The molecule has 1 aromatic carbocycles. The molecule has 2 aromatic rings. The predicted octanol–water partition coefficient (Wildman–Crippen LogP) is 3.06. The minimum Gasteiger partial charge on any atom is -0.440 e. The van der Waals surface area contributed by atoms with E-state index >= 15 is 0 Å². The van der Waals surface area contributed by atoms with Gasteiger partial charge < -0.3 is 9.73 Å². The molecular weight excluding hydrogens is 200 g/mol. The lowest BCUT2D eigenvalue weighted by atomic mass is 10.2. The quantitative estimate of drug-likeness (QED) is 0.857. The molecule has 0 unspecified atom stereocenters. The highest BCUT2D eigenvalue weighted by molar-refractivity contribution is 5.73. The van der Waals surface area contributed by atoms with Crippen molar-refractivity contribution < 1.29 is 4.42 Å². The van der Waals surface area contributed by atoms with Crippen molar-refractivity contribution in [3.05, 3.63) is 29.7 Å². The zero-order valence-corrected chi connectivity index (χ0v) is 10.1. The maximum absolute atomic E-state index is 5.66. The molecule has 0 aliphatic rings. The fourth-order valence-electron chi connectivity index (χ4n) is 1.62. The van der Waals surface area contributed by atoms with Gasteiger partial charge >= 0.3 is 0 Å². The third kappa shape index (κ3) is 2.25.